The van der Waals surface area contributed by atoms with Gasteiger partial charge in [-0.15, -0.1) is 0 Å². The molecule has 2 saturated heterocycles. The standard InChI is InChI=1S/C20H25ClN4O/c21-17-12-22-23-18(17)19(26)25-11-5-9-20(15-25)8-4-10-24(14-20)13-16-6-2-1-3-7-16/h1-3,6-7,12H,4-5,8-11,13-15H2,(H,22,23). The number of hydrogen-bond acceptors (Lipinski definition) is 3. The average molecular weight is 373 g/mol. The van der Waals surface area contributed by atoms with Gasteiger partial charge in [-0.2, -0.15) is 5.10 Å². The number of benzene rings is 1. The second-order valence-corrected chi connectivity index (χ2v) is 8.13. The van der Waals surface area contributed by atoms with Crippen molar-refractivity contribution in [3.05, 3.63) is 52.8 Å². The fourth-order valence-corrected chi connectivity index (χ4v) is 4.75. The summed E-state index contributed by atoms with van der Waals surface area (Å²) in [5.74, 6) is -0.0215. The predicted molar refractivity (Wildman–Crippen MR) is 102 cm³/mol. The highest BCUT2D eigenvalue weighted by Crippen LogP contribution is 2.39. The van der Waals surface area contributed by atoms with E-state index in [1.54, 1.807) is 0 Å². The second kappa shape index (κ2) is 7.41. The minimum absolute atomic E-state index is 0.0215. The van der Waals surface area contributed by atoms with E-state index < -0.39 is 0 Å². The Hall–Kier alpha value is -1.85. The van der Waals surface area contributed by atoms with Crippen molar-refractivity contribution in [1.82, 2.24) is 20.0 Å². The van der Waals surface area contributed by atoms with E-state index in [0.29, 0.717) is 10.7 Å². The summed E-state index contributed by atoms with van der Waals surface area (Å²) in [5, 5.41) is 7.05. The first-order chi connectivity index (χ1) is 12.7. The third kappa shape index (κ3) is 3.64. The zero-order valence-electron chi connectivity index (χ0n) is 15.0. The van der Waals surface area contributed by atoms with Gasteiger partial charge in [0.2, 0.25) is 0 Å². The van der Waals surface area contributed by atoms with Gasteiger partial charge in [0.25, 0.3) is 5.91 Å². The van der Waals surface area contributed by atoms with Crippen LogP contribution in [0.4, 0.5) is 0 Å². The summed E-state index contributed by atoms with van der Waals surface area (Å²) in [6.07, 6.45) is 6.13. The van der Waals surface area contributed by atoms with Gasteiger partial charge >= 0.3 is 0 Å². The van der Waals surface area contributed by atoms with Crippen molar-refractivity contribution >= 4 is 17.5 Å². The van der Waals surface area contributed by atoms with Crippen molar-refractivity contribution in [2.75, 3.05) is 26.2 Å². The molecular formula is C20H25ClN4O. The number of nitrogens with zero attached hydrogens (tertiary/aromatic N) is 3. The summed E-state index contributed by atoms with van der Waals surface area (Å²) in [7, 11) is 0. The molecule has 138 valence electrons. The molecule has 2 fully saturated rings. The van der Waals surface area contributed by atoms with Crippen molar-refractivity contribution in [2.45, 2.75) is 32.2 Å². The van der Waals surface area contributed by atoms with Crippen LogP contribution in [-0.4, -0.2) is 52.1 Å². The number of halogens is 1. The average Bonchev–Trinajstić information content (AvgIpc) is 3.08. The van der Waals surface area contributed by atoms with Crippen LogP contribution in [-0.2, 0) is 6.54 Å². The number of piperidine rings is 2. The van der Waals surface area contributed by atoms with Gasteiger partial charge in [-0.25, -0.2) is 0 Å². The van der Waals surface area contributed by atoms with Crippen LogP contribution in [0, 0.1) is 5.41 Å². The van der Waals surface area contributed by atoms with Crippen molar-refractivity contribution in [1.29, 1.82) is 0 Å². The first-order valence-electron chi connectivity index (χ1n) is 9.40. The third-order valence-electron chi connectivity index (χ3n) is 5.75. The highest BCUT2D eigenvalue weighted by atomic mass is 35.5. The molecule has 26 heavy (non-hydrogen) atoms. The number of rotatable bonds is 3. The van der Waals surface area contributed by atoms with E-state index >= 15 is 0 Å². The Balaban J connectivity index is 1.45. The van der Waals surface area contributed by atoms with Gasteiger partial charge in [-0.1, -0.05) is 41.9 Å². The van der Waals surface area contributed by atoms with Gasteiger partial charge in [-0.3, -0.25) is 14.8 Å². The molecule has 5 nitrogen and oxygen atoms in total. The fraction of sp³-hybridized carbons (Fsp3) is 0.500. The number of aromatic amines is 1. The number of nitrogens with one attached hydrogen (secondary N) is 1. The Bertz CT molecular complexity index is 758. The minimum Gasteiger partial charge on any atom is -0.337 e. The maximum Gasteiger partial charge on any atom is 0.273 e. The Morgan fingerprint density at radius 1 is 1.15 bits per heavy atom. The molecule has 2 aliphatic heterocycles. The molecule has 0 radical (unpaired) electrons. The van der Waals surface area contributed by atoms with E-state index in [-0.39, 0.29) is 11.3 Å². The summed E-state index contributed by atoms with van der Waals surface area (Å²) in [6.45, 7) is 4.79. The SMILES string of the molecule is O=C(c1[nH]ncc1Cl)N1CCCC2(CCCN(Cc3ccccc3)C2)C1. The van der Waals surface area contributed by atoms with E-state index in [2.05, 4.69) is 45.4 Å². The Labute approximate surface area is 159 Å². The summed E-state index contributed by atoms with van der Waals surface area (Å²) in [6, 6.07) is 10.7. The molecule has 2 aliphatic rings. The van der Waals surface area contributed by atoms with E-state index in [1.165, 1.54) is 31.0 Å². The minimum atomic E-state index is -0.0215. The molecule has 0 bridgehead atoms. The number of carbonyl (C=O) groups excluding carboxylic acids is 1. The fourth-order valence-electron chi connectivity index (χ4n) is 4.58. The summed E-state index contributed by atoms with van der Waals surface area (Å²) < 4.78 is 0. The second-order valence-electron chi connectivity index (χ2n) is 7.72. The molecule has 1 amide bonds. The number of carbonyl (C=O) groups is 1. The van der Waals surface area contributed by atoms with Gasteiger partial charge in [0.1, 0.15) is 5.69 Å². The number of H-pyrrole nitrogens is 1. The topological polar surface area (TPSA) is 52.2 Å². The van der Waals surface area contributed by atoms with E-state index in [9.17, 15) is 4.79 Å². The lowest BCUT2D eigenvalue weighted by Gasteiger charge is -2.48. The number of likely N-dealkylation sites (tertiary alicyclic amines) is 2. The lowest BCUT2D eigenvalue weighted by molar-refractivity contribution is 0.0111. The van der Waals surface area contributed by atoms with E-state index in [0.717, 1.165) is 39.1 Å². The van der Waals surface area contributed by atoms with Gasteiger partial charge in [-0.05, 0) is 37.8 Å². The molecule has 3 heterocycles. The van der Waals surface area contributed by atoms with Crippen LogP contribution in [0.25, 0.3) is 0 Å². The van der Waals surface area contributed by atoms with Crippen LogP contribution in [0.2, 0.25) is 5.02 Å². The zero-order valence-corrected chi connectivity index (χ0v) is 15.7. The molecule has 4 rings (SSSR count). The van der Waals surface area contributed by atoms with E-state index in [1.807, 2.05) is 4.90 Å². The summed E-state index contributed by atoms with van der Waals surface area (Å²) in [4.78, 5) is 17.4. The van der Waals surface area contributed by atoms with Gasteiger partial charge in [0, 0.05) is 31.6 Å². The molecule has 1 unspecified atom stereocenters. The molecule has 6 heteroatoms. The smallest absolute Gasteiger partial charge is 0.273 e. The largest absolute Gasteiger partial charge is 0.337 e. The van der Waals surface area contributed by atoms with Crippen LogP contribution in [0.3, 0.4) is 0 Å². The number of hydrogen-bond donors (Lipinski definition) is 1. The highest BCUT2D eigenvalue weighted by molar-refractivity contribution is 6.33. The first kappa shape index (κ1) is 17.6. The summed E-state index contributed by atoms with van der Waals surface area (Å²) >= 11 is 6.10. The Morgan fingerprint density at radius 2 is 1.92 bits per heavy atom. The van der Waals surface area contributed by atoms with Crippen LogP contribution in [0.15, 0.2) is 36.5 Å². The van der Waals surface area contributed by atoms with Gasteiger partial charge in [0.05, 0.1) is 11.2 Å². The number of amides is 1. The molecule has 1 aromatic carbocycles. The van der Waals surface area contributed by atoms with Crippen molar-refractivity contribution in [3.8, 4) is 0 Å². The van der Waals surface area contributed by atoms with Gasteiger partial charge < -0.3 is 4.90 Å². The van der Waals surface area contributed by atoms with Crippen molar-refractivity contribution in [3.63, 3.8) is 0 Å². The lowest BCUT2D eigenvalue weighted by atomic mass is 9.73. The van der Waals surface area contributed by atoms with Crippen molar-refractivity contribution in [2.24, 2.45) is 5.41 Å². The number of aromatic nitrogens is 2. The van der Waals surface area contributed by atoms with Crippen LogP contribution >= 0.6 is 11.6 Å². The molecule has 1 N–H and O–H groups in total. The van der Waals surface area contributed by atoms with Crippen LogP contribution < -0.4 is 0 Å². The zero-order chi connectivity index (χ0) is 18.0. The molecule has 2 aromatic rings. The Kier molecular flexibility index (Phi) is 5.00. The van der Waals surface area contributed by atoms with Crippen molar-refractivity contribution < 1.29 is 4.79 Å². The molecule has 0 aliphatic carbocycles. The molecule has 0 saturated carbocycles. The lowest BCUT2D eigenvalue weighted by Crippen LogP contribution is -2.53. The molecule has 1 aromatic heterocycles. The third-order valence-corrected chi connectivity index (χ3v) is 6.03. The first-order valence-corrected chi connectivity index (χ1v) is 9.77. The maximum atomic E-state index is 12.8. The molecule has 1 spiro atoms. The molecular weight excluding hydrogens is 348 g/mol. The van der Waals surface area contributed by atoms with Gasteiger partial charge in [0.15, 0.2) is 0 Å². The quantitative estimate of drug-likeness (QED) is 0.895. The summed E-state index contributed by atoms with van der Waals surface area (Å²) in [5.41, 5.74) is 1.98. The maximum absolute atomic E-state index is 12.8. The normalized spacial score (nSPS) is 24.1. The van der Waals surface area contributed by atoms with Crippen LogP contribution in [0.5, 0.6) is 0 Å². The van der Waals surface area contributed by atoms with E-state index in [4.69, 9.17) is 11.6 Å². The predicted octanol–water partition coefficient (Wildman–Crippen LogP) is 3.58. The Morgan fingerprint density at radius 3 is 2.65 bits per heavy atom. The monoisotopic (exact) mass is 372 g/mol. The molecule has 1 atom stereocenters. The van der Waals surface area contributed by atoms with Crippen LogP contribution in [0.1, 0.15) is 41.7 Å². The highest BCUT2D eigenvalue weighted by Gasteiger charge is 2.40.